The van der Waals surface area contributed by atoms with Crippen molar-refractivity contribution in [2.75, 3.05) is 13.2 Å². The van der Waals surface area contributed by atoms with Crippen LogP contribution in [-0.4, -0.2) is 52.8 Å². The van der Waals surface area contributed by atoms with Crippen LogP contribution in [-0.2, 0) is 9.53 Å². The van der Waals surface area contributed by atoms with Crippen LogP contribution in [0.1, 0.15) is 39.0 Å². The van der Waals surface area contributed by atoms with Crippen LogP contribution in [0, 0.1) is 11.8 Å². The van der Waals surface area contributed by atoms with Crippen molar-refractivity contribution in [3.05, 3.63) is 53.6 Å². The van der Waals surface area contributed by atoms with E-state index < -0.39 is 18.3 Å². The highest BCUT2D eigenvalue weighted by Gasteiger charge is 2.39. The Morgan fingerprint density at radius 3 is 2.65 bits per heavy atom. The van der Waals surface area contributed by atoms with Crippen molar-refractivity contribution in [2.45, 2.75) is 57.3 Å². The summed E-state index contributed by atoms with van der Waals surface area (Å²) in [6, 6.07) is 6.89. The maximum absolute atomic E-state index is 10.7. The number of rotatable bonds is 12. The van der Waals surface area contributed by atoms with Crippen LogP contribution in [0.3, 0.4) is 0 Å². The third-order valence-corrected chi connectivity index (χ3v) is 5.60. The summed E-state index contributed by atoms with van der Waals surface area (Å²) in [6.45, 7) is 1.92. The van der Waals surface area contributed by atoms with Crippen molar-refractivity contribution in [1.82, 2.24) is 0 Å². The van der Waals surface area contributed by atoms with E-state index in [2.05, 4.69) is 6.08 Å². The molecule has 0 bridgehead atoms. The van der Waals surface area contributed by atoms with Gasteiger partial charge in [0.15, 0.2) is 0 Å². The monoisotopic (exact) mass is 452 g/mol. The Hall–Kier alpha value is -1.86. The minimum atomic E-state index is -0.825. The van der Waals surface area contributed by atoms with Crippen LogP contribution in [0.2, 0.25) is 5.02 Å². The lowest BCUT2D eigenvalue weighted by Gasteiger charge is -2.19. The predicted molar refractivity (Wildman–Crippen MR) is 120 cm³/mol. The van der Waals surface area contributed by atoms with Gasteiger partial charge in [0.05, 0.1) is 18.8 Å². The van der Waals surface area contributed by atoms with Crippen LogP contribution in [0.15, 0.2) is 48.6 Å². The number of benzene rings is 1. The van der Waals surface area contributed by atoms with Crippen LogP contribution < -0.4 is 4.74 Å². The number of halogens is 1. The molecule has 0 unspecified atom stereocenters. The molecule has 0 amide bonds. The summed E-state index contributed by atoms with van der Waals surface area (Å²) in [4.78, 5) is 10.7. The van der Waals surface area contributed by atoms with Gasteiger partial charge in [-0.15, -0.1) is 0 Å². The van der Waals surface area contributed by atoms with Gasteiger partial charge in [-0.2, -0.15) is 0 Å². The molecule has 1 aromatic carbocycles. The van der Waals surface area contributed by atoms with E-state index >= 15 is 0 Å². The Balaban J connectivity index is 1.76. The molecule has 0 radical (unpaired) electrons. The Morgan fingerprint density at radius 1 is 1.19 bits per heavy atom. The average molecular weight is 453 g/mol. The molecule has 0 heterocycles. The molecule has 6 nitrogen and oxygen atoms in total. The highest BCUT2D eigenvalue weighted by molar-refractivity contribution is 6.30. The minimum Gasteiger partial charge on any atom is -0.491 e. The average Bonchev–Trinajstić information content (AvgIpc) is 3.00. The van der Waals surface area contributed by atoms with Crippen LogP contribution >= 0.6 is 11.6 Å². The van der Waals surface area contributed by atoms with E-state index in [1.165, 1.54) is 6.92 Å². The quantitative estimate of drug-likeness (QED) is 0.254. The summed E-state index contributed by atoms with van der Waals surface area (Å²) in [5.41, 5.74) is 0. The molecule has 1 fully saturated rings. The molecule has 0 aromatic heterocycles. The Bertz CT molecular complexity index is 717. The van der Waals surface area contributed by atoms with Gasteiger partial charge < -0.3 is 24.8 Å². The first-order valence-corrected chi connectivity index (χ1v) is 11.1. The number of ether oxygens (including phenoxy) is 2. The molecule has 1 saturated carbocycles. The number of hydrogen-bond acceptors (Lipinski definition) is 6. The molecular formula is C24H33ClO6. The first-order valence-electron chi connectivity index (χ1n) is 10.8. The Morgan fingerprint density at radius 2 is 1.94 bits per heavy atom. The molecule has 0 aliphatic heterocycles. The molecular weight excluding hydrogens is 420 g/mol. The molecule has 1 aliphatic carbocycles. The third kappa shape index (κ3) is 9.44. The van der Waals surface area contributed by atoms with Gasteiger partial charge in [0.25, 0.3) is 0 Å². The molecule has 2 rings (SSSR count). The van der Waals surface area contributed by atoms with Crippen molar-refractivity contribution in [3.63, 3.8) is 0 Å². The van der Waals surface area contributed by atoms with Crippen molar-refractivity contribution >= 4 is 17.6 Å². The highest BCUT2D eigenvalue weighted by Crippen LogP contribution is 2.36. The largest absolute Gasteiger partial charge is 0.491 e. The number of esters is 1. The van der Waals surface area contributed by atoms with E-state index in [-0.39, 0.29) is 24.4 Å². The number of unbranched alkanes of at least 4 members (excludes halogenated alkanes) is 2. The molecule has 0 spiro atoms. The zero-order valence-electron chi connectivity index (χ0n) is 17.9. The highest BCUT2D eigenvalue weighted by atomic mass is 35.5. The Kier molecular flexibility index (Phi) is 11.1. The van der Waals surface area contributed by atoms with E-state index in [4.69, 9.17) is 21.1 Å². The first kappa shape index (κ1) is 25.4. The first-order chi connectivity index (χ1) is 14.9. The number of aliphatic hydroxyl groups is 3. The zero-order chi connectivity index (χ0) is 22.6. The number of aliphatic hydroxyl groups excluding tert-OH is 3. The zero-order valence-corrected chi connectivity index (χ0v) is 18.7. The van der Waals surface area contributed by atoms with E-state index in [1.54, 1.807) is 36.4 Å². The van der Waals surface area contributed by atoms with Gasteiger partial charge in [-0.3, -0.25) is 4.79 Å². The van der Waals surface area contributed by atoms with E-state index in [0.29, 0.717) is 30.2 Å². The van der Waals surface area contributed by atoms with Crippen molar-refractivity contribution in [3.8, 4) is 5.75 Å². The van der Waals surface area contributed by atoms with Crippen molar-refractivity contribution in [2.24, 2.45) is 11.8 Å². The fourth-order valence-corrected chi connectivity index (χ4v) is 3.81. The summed E-state index contributed by atoms with van der Waals surface area (Å²) in [5, 5.41) is 31.4. The molecule has 5 atom stereocenters. The maximum atomic E-state index is 10.7. The molecule has 1 aliphatic rings. The number of carbonyl (C=O) groups is 1. The number of carbonyl (C=O) groups excluding carboxylic acids is 1. The number of hydrogen-bond donors (Lipinski definition) is 3. The van der Waals surface area contributed by atoms with Crippen LogP contribution in [0.4, 0.5) is 0 Å². The fraction of sp³-hybridized carbons (Fsp3) is 0.542. The summed E-state index contributed by atoms with van der Waals surface area (Å²) >= 11 is 5.84. The summed E-state index contributed by atoms with van der Waals surface area (Å²) in [7, 11) is 0. The van der Waals surface area contributed by atoms with E-state index in [9.17, 15) is 20.1 Å². The van der Waals surface area contributed by atoms with E-state index in [1.807, 2.05) is 6.08 Å². The molecule has 172 valence electrons. The lowest BCUT2D eigenvalue weighted by atomic mass is 9.89. The second kappa shape index (κ2) is 13.5. The van der Waals surface area contributed by atoms with Gasteiger partial charge in [0.1, 0.15) is 18.5 Å². The maximum Gasteiger partial charge on any atom is 0.302 e. The molecule has 3 N–H and O–H groups in total. The van der Waals surface area contributed by atoms with Gasteiger partial charge in [-0.05, 0) is 55.9 Å². The standard InChI is InChI=1S/C24H33ClO6/c1-17(26)30-14-6-4-2-3-5-7-21-22(24(29)15-23(21)28)13-10-19(27)16-31-20-11-8-18(25)9-12-20/h3,5,8-13,19,21-24,27-29H,2,4,6-7,14-16H2,1H3/t19-,21-,22-,23+,24-/m1/s1. The topological polar surface area (TPSA) is 96.2 Å². The lowest BCUT2D eigenvalue weighted by molar-refractivity contribution is -0.141. The van der Waals surface area contributed by atoms with Crippen molar-refractivity contribution in [1.29, 1.82) is 0 Å². The lowest BCUT2D eigenvalue weighted by Crippen LogP contribution is -2.21. The van der Waals surface area contributed by atoms with Crippen LogP contribution in [0.25, 0.3) is 0 Å². The predicted octanol–water partition coefficient (Wildman–Crippen LogP) is 3.67. The van der Waals surface area contributed by atoms with Gasteiger partial charge in [0, 0.05) is 24.3 Å². The number of allylic oxidation sites excluding steroid dienone is 2. The smallest absolute Gasteiger partial charge is 0.302 e. The summed E-state index contributed by atoms with van der Waals surface area (Å²) < 4.78 is 10.4. The second-order valence-corrected chi connectivity index (χ2v) is 8.31. The van der Waals surface area contributed by atoms with Gasteiger partial charge in [-0.1, -0.05) is 35.9 Å². The molecule has 0 saturated heterocycles. The molecule has 7 heteroatoms. The molecule has 31 heavy (non-hydrogen) atoms. The normalized spacial score (nSPS) is 24.7. The minimum absolute atomic E-state index is 0.0847. The Labute approximate surface area is 189 Å². The van der Waals surface area contributed by atoms with Gasteiger partial charge >= 0.3 is 5.97 Å². The van der Waals surface area contributed by atoms with Crippen LogP contribution in [0.5, 0.6) is 5.75 Å². The van der Waals surface area contributed by atoms with Gasteiger partial charge in [-0.25, -0.2) is 0 Å². The van der Waals surface area contributed by atoms with Gasteiger partial charge in [0.2, 0.25) is 0 Å². The second-order valence-electron chi connectivity index (χ2n) is 7.87. The third-order valence-electron chi connectivity index (χ3n) is 5.35. The summed E-state index contributed by atoms with van der Waals surface area (Å²) in [5.74, 6) is 0.0239. The van der Waals surface area contributed by atoms with Crippen molar-refractivity contribution < 1.29 is 29.6 Å². The molecule has 1 aromatic rings. The SMILES string of the molecule is CC(=O)OCCCCC=CC[C@@H]1[C@@H](C=C[C@@H](O)COc2ccc(Cl)cc2)[C@H](O)C[C@@H]1O. The summed E-state index contributed by atoms with van der Waals surface area (Å²) in [6.07, 6.45) is 9.02. The fourth-order valence-electron chi connectivity index (χ4n) is 3.68. The van der Waals surface area contributed by atoms with E-state index in [0.717, 1.165) is 19.3 Å².